The summed E-state index contributed by atoms with van der Waals surface area (Å²) in [7, 11) is 0. The minimum Gasteiger partial charge on any atom is -0.497 e. The number of carbonyl (C=O) groups is 1. The van der Waals surface area contributed by atoms with Crippen LogP contribution in [0.4, 0.5) is 0 Å². The maximum atomic E-state index is 12.1. The first-order valence-electron chi connectivity index (χ1n) is 10.0. The van der Waals surface area contributed by atoms with E-state index in [1.165, 1.54) is 10.5 Å². The summed E-state index contributed by atoms with van der Waals surface area (Å²) >= 11 is 1.73. The van der Waals surface area contributed by atoms with Crippen LogP contribution in [0.1, 0.15) is 60.3 Å². The van der Waals surface area contributed by atoms with Crippen molar-refractivity contribution in [1.82, 2.24) is 10.6 Å². The van der Waals surface area contributed by atoms with Crippen molar-refractivity contribution in [2.75, 3.05) is 13.1 Å². The van der Waals surface area contributed by atoms with Crippen molar-refractivity contribution in [1.29, 1.82) is 0 Å². The highest BCUT2D eigenvalue weighted by Gasteiger charge is 2.27. The van der Waals surface area contributed by atoms with Crippen LogP contribution in [0.5, 0.6) is 0 Å². The van der Waals surface area contributed by atoms with Gasteiger partial charge in [0.05, 0.1) is 24.7 Å². The van der Waals surface area contributed by atoms with Crippen molar-refractivity contribution in [3.05, 3.63) is 22.8 Å². The Labute approximate surface area is 174 Å². The monoisotopic (exact) mass is 411 g/mol. The summed E-state index contributed by atoms with van der Waals surface area (Å²) in [6.45, 7) is 13.9. The molecule has 1 rings (SSSR count). The molecule has 0 aliphatic heterocycles. The molecule has 0 heterocycles. The number of amides is 1. The molecule has 4 atom stereocenters. The molecule has 1 amide bonds. The van der Waals surface area contributed by atoms with E-state index in [2.05, 4.69) is 29.3 Å². The fraction of sp³-hybridized carbons (Fsp3) is 0.714. The van der Waals surface area contributed by atoms with E-state index in [1.807, 2.05) is 20.8 Å². The first-order chi connectivity index (χ1) is 13.2. The molecular formula is C21H37N3O3S. The molecule has 1 aliphatic rings. The second-order valence-corrected chi connectivity index (χ2v) is 9.21. The Morgan fingerprint density at radius 1 is 1.54 bits per heavy atom. The smallest absolute Gasteiger partial charge is 0.234 e. The van der Waals surface area contributed by atoms with Gasteiger partial charge in [-0.2, -0.15) is 0 Å². The van der Waals surface area contributed by atoms with Gasteiger partial charge in [-0.25, -0.2) is 0 Å². The van der Waals surface area contributed by atoms with E-state index in [9.17, 15) is 9.90 Å². The van der Waals surface area contributed by atoms with E-state index in [0.717, 1.165) is 19.3 Å². The number of ether oxygens (including phenoxy) is 1. The lowest BCUT2D eigenvalue weighted by molar-refractivity contribution is -0.122. The molecule has 4 unspecified atom stereocenters. The third-order valence-electron chi connectivity index (χ3n) is 4.66. The Balaban J connectivity index is 2.57. The van der Waals surface area contributed by atoms with Crippen LogP contribution in [0, 0.1) is 5.92 Å². The molecule has 0 bridgehead atoms. The molecule has 0 aromatic heterocycles. The SMILES string of the molecule is C=NC(C)SC1=C(CC(C)(O)NCC(=O)NCC(C)O/C=C\C)CCC(C)C1. The third kappa shape index (κ3) is 9.75. The van der Waals surface area contributed by atoms with E-state index in [0.29, 0.717) is 18.9 Å². The van der Waals surface area contributed by atoms with Crippen molar-refractivity contribution in [2.24, 2.45) is 10.9 Å². The lowest BCUT2D eigenvalue weighted by Gasteiger charge is -2.31. The van der Waals surface area contributed by atoms with Crippen molar-refractivity contribution in [3.63, 3.8) is 0 Å². The topological polar surface area (TPSA) is 83.0 Å². The Morgan fingerprint density at radius 2 is 2.25 bits per heavy atom. The Morgan fingerprint density at radius 3 is 2.89 bits per heavy atom. The van der Waals surface area contributed by atoms with Crippen LogP contribution in [0.25, 0.3) is 0 Å². The van der Waals surface area contributed by atoms with Crippen LogP contribution in [0.2, 0.25) is 0 Å². The highest BCUT2D eigenvalue weighted by atomic mass is 32.2. The Hall–Kier alpha value is -1.31. The second kappa shape index (κ2) is 12.3. The summed E-state index contributed by atoms with van der Waals surface area (Å²) in [4.78, 5) is 17.4. The molecule has 0 aromatic carbocycles. The number of rotatable bonds is 12. The predicted molar refractivity (Wildman–Crippen MR) is 118 cm³/mol. The number of carbonyl (C=O) groups excluding carboxylic acids is 1. The molecule has 6 nitrogen and oxygen atoms in total. The van der Waals surface area contributed by atoms with E-state index in [-0.39, 0.29) is 23.9 Å². The molecule has 0 fully saturated rings. The van der Waals surface area contributed by atoms with Crippen LogP contribution in [0.3, 0.4) is 0 Å². The summed E-state index contributed by atoms with van der Waals surface area (Å²) in [6, 6.07) is 0. The van der Waals surface area contributed by atoms with E-state index in [4.69, 9.17) is 4.74 Å². The predicted octanol–water partition coefficient (Wildman–Crippen LogP) is 3.58. The summed E-state index contributed by atoms with van der Waals surface area (Å²) in [5.74, 6) is 0.472. The molecule has 0 spiro atoms. The van der Waals surface area contributed by atoms with Gasteiger partial charge in [0, 0.05) is 6.42 Å². The molecule has 160 valence electrons. The average molecular weight is 412 g/mol. The zero-order chi connectivity index (χ0) is 21.2. The van der Waals surface area contributed by atoms with Gasteiger partial charge in [-0.1, -0.05) is 18.6 Å². The molecule has 0 aromatic rings. The Kier molecular flexibility index (Phi) is 10.9. The zero-order valence-corrected chi connectivity index (χ0v) is 18.8. The van der Waals surface area contributed by atoms with Gasteiger partial charge in [-0.3, -0.25) is 15.1 Å². The second-order valence-electron chi connectivity index (χ2n) is 7.80. The number of aliphatic hydroxyl groups is 1. The first kappa shape index (κ1) is 24.7. The summed E-state index contributed by atoms with van der Waals surface area (Å²) in [6.07, 6.45) is 6.91. The highest BCUT2D eigenvalue weighted by molar-refractivity contribution is 8.03. The quantitative estimate of drug-likeness (QED) is 0.260. The molecule has 7 heteroatoms. The first-order valence-corrected chi connectivity index (χ1v) is 10.9. The lowest BCUT2D eigenvalue weighted by atomic mass is 9.87. The summed E-state index contributed by atoms with van der Waals surface area (Å²) < 4.78 is 5.36. The van der Waals surface area contributed by atoms with Crippen LogP contribution in [-0.2, 0) is 9.53 Å². The fourth-order valence-electron chi connectivity index (χ4n) is 3.01. The molecular weight excluding hydrogens is 374 g/mol. The molecule has 3 N–H and O–H groups in total. The fourth-order valence-corrected chi connectivity index (χ4v) is 4.22. The summed E-state index contributed by atoms with van der Waals surface area (Å²) in [5.41, 5.74) is 0.113. The van der Waals surface area contributed by atoms with E-state index >= 15 is 0 Å². The number of nitrogens with zero attached hydrogens (tertiary/aromatic N) is 1. The number of nitrogens with one attached hydrogen (secondary N) is 2. The van der Waals surface area contributed by atoms with Crippen molar-refractivity contribution in [2.45, 2.75) is 77.5 Å². The van der Waals surface area contributed by atoms with Gasteiger partial charge < -0.3 is 15.2 Å². The van der Waals surface area contributed by atoms with Gasteiger partial charge >= 0.3 is 0 Å². The normalized spacial score (nSPS) is 21.9. The standard InChI is InChI=1S/C21H37N3O3S/c1-7-10-27-16(3)13-23-20(25)14-24-21(5,26)12-18-9-8-15(2)11-19(18)28-17(4)22-6/h7,10,15-17,24,26H,6,8-9,11-14H2,1-5H3,(H,23,25)/b10-7-. The van der Waals surface area contributed by atoms with Crippen LogP contribution < -0.4 is 10.6 Å². The largest absolute Gasteiger partial charge is 0.497 e. The minimum absolute atomic E-state index is 0.0557. The van der Waals surface area contributed by atoms with Crippen LogP contribution >= 0.6 is 11.8 Å². The van der Waals surface area contributed by atoms with Gasteiger partial charge in [0.2, 0.25) is 5.91 Å². The lowest BCUT2D eigenvalue weighted by Crippen LogP contribution is -2.48. The van der Waals surface area contributed by atoms with Crippen molar-refractivity contribution < 1.29 is 14.6 Å². The van der Waals surface area contributed by atoms with Gasteiger partial charge in [-0.15, -0.1) is 11.8 Å². The van der Waals surface area contributed by atoms with Gasteiger partial charge in [-0.05, 0) is 64.5 Å². The molecule has 0 saturated carbocycles. The van der Waals surface area contributed by atoms with Crippen LogP contribution in [-0.4, -0.2) is 48.0 Å². The number of aliphatic imine (C=N–C) groups is 1. The van der Waals surface area contributed by atoms with Crippen molar-refractivity contribution >= 4 is 24.4 Å². The van der Waals surface area contributed by atoms with Gasteiger partial charge in [0.1, 0.15) is 11.8 Å². The van der Waals surface area contributed by atoms with Crippen LogP contribution in [0.15, 0.2) is 27.8 Å². The van der Waals surface area contributed by atoms with Crippen molar-refractivity contribution in [3.8, 4) is 0 Å². The van der Waals surface area contributed by atoms with E-state index < -0.39 is 5.72 Å². The molecule has 1 aliphatic carbocycles. The summed E-state index contributed by atoms with van der Waals surface area (Å²) in [5, 5.41) is 16.7. The maximum absolute atomic E-state index is 12.1. The van der Waals surface area contributed by atoms with Gasteiger partial charge in [0.15, 0.2) is 0 Å². The number of thioether (sulfide) groups is 1. The highest BCUT2D eigenvalue weighted by Crippen LogP contribution is 2.40. The maximum Gasteiger partial charge on any atom is 0.234 e. The third-order valence-corrected chi connectivity index (χ3v) is 5.89. The zero-order valence-electron chi connectivity index (χ0n) is 18.0. The number of hydrogen-bond donors (Lipinski definition) is 3. The van der Waals surface area contributed by atoms with Gasteiger partial charge in [0.25, 0.3) is 0 Å². The van der Waals surface area contributed by atoms with E-state index in [1.54, 1.807) is 31.0 Å². The average Bonchev–Trinajstić information content (AvgIpc) is 2.65. The molecule has 28 heavy (non-hydrogen) atoms. The molecule has 0 radical (unpaired) electrons. The minimum atomic E-state index is -1.14. The number of hydrogen-bond acceptors (Lipinski definition) is 6. The Bertz CT molecular complexity index is 575. The number of allylic oxidation sites excluding steroid dienone is 2. The molecule has 0 saturated heterocycles.